The Balaban J connectivity index is 1.55. The van der Waals surface area contributed by atoms with E-state index in [1.54, 1.807) is 42.6 Å². The molecule has 8 heteroatoms. The lowest BCUT2D eigenvalue weighted by atomic mass is 9.73. The molecule has 3 aromatic rings. The Labute approximate surface area is 201 Å². The van der Waals surface area contributed by atoms with E-state index in [-0.39, 0.29) is 30.1 Å². The van der Waals surface area contributed by atoms with Crippen LogP contribution in [0, 0.1) is 5.41 Å². The second kappa shape index (κ2) is 8.33. The fraction of sp³-hybridized carbons (Fsp3) is 0.269. The van der Waals surface area contributed by atoms with Crippen LogP contribution in [-0.2, 0) is 13.0 Å². The second-order valence-corrected chi connectivity index (χ2v) is 9.80. The number of hydrogen-bond acceptors (Lipinski definition) is 5. The lowest BCUT2D eigenvalue weighted by Gasteiger charge is -2.31. The Morgan fingerprint density at radius 1 is 1.06 bits per heavy atom. The summed E-state index contributed by atoms with van der Waals surface area (Å²) in [7, 11) is 0. The molecule has 34 heavy (non-hydrogen) atoms. The highest BCUT2D eigenvalue weighted by atomic mass is 35.5. The standard InChI is InChI=1S/C26H23ClN2O5/c1-26(2)10-18-19(20(30)11-26)13-29(17-6-4-16(27)5-7-17)25(32)23(18)24(31)28-12-15-3-8-21-22(9-15)34-14-33-21/h3-9,13H,10-12,14H2,1-2H3,(H,28,31). The van der Waals surface area contributed by atoms with E-state index < -0.39 is 11.5 Å². The molecule has 1 N–H and O–H groups in total. The summed E-state index contributed by atoms with van der Waals surface area (Å²) in [5, 5.41) is 3.37. The third-order valence-electron chi connectivity index (χ3n) is 6.13. The van der Waals surface area contributed by atoms with Gasteiger partial charge in [-0.05, 0) is 59.4 Å². The molecule has 2 heterocycles. The van der Waals surface area contributed by atoms with Crippen molar-refractivity contribution in [2.75, 3.05) is 6.79 Å². The molecule has 5 rings (SSSR count). The van der Waals surface area contributed by atoms with Gasteiger partial charge in [0, 0.05) is 35.4 Å². The van der Waals surface area contributed by atoms with Crippen LogP contribution in [0.15, 0.2) is 53.5 Å². The van der Waals surface area contributed by atoms with Crippen LogP contribution in [0.5, 0.6) is 11.5 Å². The molecule has 0 bridgehead atoms. The van der Waals surface area contributed by atoms with E-state index in [2.05, 4.69) is 5.32 Å². The quantitative estimate of drug-likeness (QED) is 0.604. The van der Waals surface area contributed by atoms with Crippen LogP contribution in [0.2, 0.25) is 5.02 Å². The minimum absolute atomic E-state index is 0.00526. The first-order valence-electron chi connectivity index (χ1n) is 11.0. The van der Waals surface area contributed by atoms with Crippen molar-refractivity contribution in [3.8, 4) is 17.2 Å². The molecule has 2 aromatic carbocycles. The molecule has 1 aliphatic heterocycles. The highest BCUT2D eigenvalue weighted by Crippen LogP contribution is 2.36. The van der Waals surface area contributed by atoms with E-state index in [0.29, 0.717) is 46.2 Å². The molecular weight excluding hydrogens is 456 g/mol. The van der Waals surface area contributed by atoms with E-state index in [1.165, 1.54) is 4.57 Å². The molecule has 7 nitrogen and oxygen atoms in total. The van der Waals surface area contributed by atoms with Crippen LogP contribution in [-0.4, -0.2) is 23.1 Å². The van der Waals surface area contributed by atoms with Gasteiger partial charge in [0.05, 0.1) is 0 Å². The molecule has 1 amide bonds. The fourth-order valence-corrected chi connectivity index (χ4v) is 4.62. The predicted molar refractivity (Wildman–Crippen MR) is 127 cm³/mol. The first-order chi connectivity index (χ1) is 16.2. The van der Waals surface area contributed by atoms with E-state index in [0.717, 1.165) is 5.56 Å². The lowest BCUT2D eigenvalue weighted by molar-refractivity contribution is 0.0908. The molecular formula is C26H23ClN2O5. The van der Waals surface area contributed by atoms with Crippen molar-refractivity contribution in [1.82, 2.24) is 9.88 Å². The summed E-state index contributed by atoms with van der Waals surface area (Å²) in [5.41, 5.74) is 1.40. The number of ketones is 1. The Morgan fingerprint density at radius 3 is 2.56 bits per heavy atom. The van der Waals surface area contributed by atoms with Crippen molar-refractivity contribution >= 4 is 23.3 Å². The minimum Gasteiger partial charge on any atom is -0.454 e. The van der Waals surface area contributed by atoms with E-state index >= 15 is 0 Å². The number of Topliss-reactive ketones (excluding diaryl/α,β-unsaturated/α-hetero) is 1. The normalized spacial score (nSPS) is 15.7. The predicted octanol–water partition coefficient (Wildman–Crippen LogP) is 4.30. The third kappa shape index (κ3) is 4.07. The van der Waals surface area contributed by atoms with E-state index in [9.17, 15) is 14.4 Å². The largest absolute Gasteiger partial charge is 0.454 e. The number of benzene rings is 2. The molecule has 0 spiro atoms. The Bertz CT molecular complexity index is 1380. The zero-order valence-electron chi connectivity index (χ0n) is 18.8. The summed E-state index contributed by atoms with van der Waals surface area (Å²) >= 11 is 6.00. The first-order valence-corrected chi connectivity index (χ1v) is 11.3. The minimum atomic E-state index is -0.521. The number of pyridine rings is 1. The lowest BCUT2D eigenvalue weighted by Crippen LogP contribution is -2.38. The maximum atomic E-state index is 13.6. The number of halogens is 1. The van der Waals surface area contributed by atoms with Crippen molar-refractivity contribution in [3.05, 3.63) is 86.3 Å². The van der Waals surface area contributed by atoms with Gasteiger partial charge in [0.15, 0.2) is 17.3 Å². The number of amides is 1. The van der Waals surface area contributed by atoms with Gasteiger partial charge in [0.25, 0.3) is 11.5 Å². The number of fused-ring (bicyclic) bond motifs is 2. The van der Waals surface area contributed by atoms with Gasteiger partial charge in [-0.1, -0.05) is 31.5 Å². The summed E-state index contributed by atoms with van der Waals surface area (Å²) in [6, 6.07) is 12.1. The molecule has 1 aromatic heterocycles. The number of hydrogen-bond donors (Lipinski definition) is 1. The molecule has 0 atom stereocenters. The van der Waals surface area contributed by atoms with Gasteiger partial charge in [-0.3, -0.25) is 19.0 Å². The summed E-state index contributed by atoms with van der Waals surface area (Å²) in [6.07, 6.45) is 2.35. The van der Waals surface area contributed by atoms with Gasteiger partial charge >= 0.3 is 0 Å². The number of carbonyl (C=O) groups excluding carboxylic acids is 2. The Morgan fingerprint density at radius 2 is 1.79 bits per heavy atom. The molecule has 0 fully saturated rings. The molecule has 0 saturated heterocycles. The number of aromatic nitrogens is 1. The summed E-state index contributed by atoms with van der Waals surface area (Å²) in [6.45, 7) is 4.28. The zero-order valence-corrected chi connectivity index (χ0v) is 19.6. The maximum absolute atomic E-state index is 13.6. The zero-order chi connectivity index (χ0) is 24.0. The molecule has 2 aliphatic rings. The highest BCUT2D eigenvalue weighted by molar-refractivity contribution is 6.30. The fourth-order valence-electron chi connectivity index (χ4n) is 4.49. The van der Waals surface area contributed by atoms with Crippen LogP contribution >= 0.6 is 11.6 Å². The van der Waals surface area contributed by atoms with Crippen molar-refractivity contribution in [2.45, 2.75) is 33.2 Å². The number of ether oxygens (including phenoxy) is 2. The Hall–Kier alpha value is -3.58. The number of carbonyl (C=O) groups is 2. The third-order valence-corrected chi connectivity index (χ3v) is 6.39. The molecule has 0 saturated carbocycles. The van der Waals surface area contributed by atoms with Gasteiger partial charge in [-0.2, -0.15) is 0 Å². The van der Waals surface area contributed by atoms with Gasteiger partial charge in [0.1, 0.15) is 5.56 Å². The van der Waals surface area contributed by atoms with Crippen LogP contribution in [0.3, 0.4) is 0 Å². The first kappa shape index (κ1) is 22.2. The molecule has 0 radical (unpaired) electrons. The molecule has 174 valence electrons. The van der Waals surface area contributed by atoms with Crippen molar-refractivity contribution in [2.24, 2.45) is 5.41 Å². The van der Waals surface area contributed by atoms with Crippen LogP contribution in [0.1, 0.15) is 52.1 Å². The van der Waals surface area contributed by atoms with Crippen LogP contribution in [0.25, 0.3) is 5.69 Å². The summed E-state index contributed by atoms with van der Waals surface area (Å²) < 4.78 is 12.1. The van der Waals surface area contributed by atoms with Gasteiger partial charge < -0.3 is 14.8 Å². The van der Waals surface area contributed by atoms with Gasteiger partial charge in [0.2, 0.25) is 6.79 Å². The molecule has 1 aliphatic carbocycles. The molecule has 0 unspecified atom stereocenters. The number of rotatable bonds is 4. The average molecular weight is 479 g/mol. The van der Waals surface area contributed by atoms with Crippen molar-refractivity contribution < 1.29 is 19.1 Å². The van der Waals surface area contributed by atoms with E-state index in [1.807, 2.05) is 19.9 Å². The number of nitrogens with zero attached hydrogens (tertiary/aromatic N) is 1. The average Bonchev–Trinajstić information content (AvgIpc) is 3.25. The smallest absolute Gasteiger partial charge is 0.268 e. The van der Waals surface area contributed by atoms with Gasteiger partial charge in [-0.15, -0.1) is 0 Å². The van der Waals surface area contributed by atoms with E-state index in [4.69, 9.17) is 21.1 Å². The van der Waals surface area contributed by atoms with Crippen LogP contribution in [0.4, 0.5) is 0 Å². The summed E-state index contributed by atoms with van der Waals surface area (Å²) in [5.74, 6) is 0.659. The Kier molecular flexibility index (Phi) is 5.44. The number of nitrogens with one attached hydrogen (secondary N) is 1. The monoisotopic (exact) mass is 478 g/mol. The maximum Gasteiger partial charge on any atom is 0.268 e. The van der Waals surface area contributed by atoms with Gasteiger partial charge in [-0.25, -0.2) is 0 Å². The van der Waals surface area contributed by atoms with Crippen molar-refractivity contribution in [3.63, 3.8) is 0 Å². The van der Waals surface area contributed by atoms with Crippen molar-refractivity contribution in [1.29, 1.82) is 0 Å². The highest BCUT2D eigenvalue weighted by Gasteiger charge is 2.36. The SMILES string of the molecule is CC1(C)CC(=O)c2cn(-c3ccc(Cl)cc3)c(=O)c(C(=O)NCc3ccc4c(c3)OCO4)c2C1. The van der Waals surface area contributed by atoms with Crippen LogP contribution < -0.4 is 20.3 Å². The summed E-state index contributed by atoms with van der Waals surface area (Å²) in [4.78, 5) is 40.0. The second-order valence-electron chi connectivity index (χ2n) is 9.36. The topological polar surface area (TPSA) is 86.6 Å².